The molecule has 2 unspecified atom stereocenters. The summed E-state index contributed by atoms with van der Waals surface area (Å²) in [5.41, 5.74) is 0.755. The van der Waals surface area contributed by atoms with Crippen LogP contribution in [0.1, 0.15) is 31.7 Å². The second-order valence-electron chi connectivity index (χ2n) is 5.93. The molecule has 0 bridgehead atoms. The third-order valence-corrected chi connectivity index (χ3v) is 4.19. The summed E-state index contributed by atoms with van der Waals surface area (Å²) in [6, 6.07) is 7.13. The van der Waals surface area contributed by atoms with Gasteiger partial charge >= 0.3 is 0 Å². The molecule has 128 valence electrons. The lowest BCUT2D eigenvalue weighted by atomic mass is 9.98. The highest BCUT2D eigenvalue weighted by Gasteiger charge is 2.24. The molecular formula is C17H22N4O3. The second kappa shape index (κ2) is 7.44. The number of nitrogens with zero attached hydrogens (tertiary/aromatic N) is 2. The first-order chi connectivity index (χ1) is 11.7. The Kier molecular flexibility index (Phi) is 5.10. The van der Waals surface area contributed by atoms with Crippen molar-refractivity contribution in [2.45, 2.75) is 25.8 Å². The van der Waals surface area contributed by atoms with Crippen molar-refractivity contribution < 1.29 is 14.1 Å². The van der Waals surface area contributed by atoms with E-state index in [4.69, 9.17) is 9.26 Å². The molecule has 0 spiro atoms. The van der Waals surface area contributed by atoms with Gasteiger partial charge in [0.1, 0.15) is 11.8 Å². The van der Waals surface area contributed by atoms with Gasteiger partial charge in [-0.3, -0.25) is 4.79 Å². The molecule has 1 aromatic heterocycles. The molecule has 7 nitrogen and oxygen atoms in total. The number of hydrogen-bond acceptors (Lipinski definition) is 6. The molecule has 1 aliphatic rings. The number of methoxy groups -OCH3 is 1. The summed E-state index contributed by atoms with van der Waals surface area (Å²) in [4.78, 5) is 16.7. The molecule has 2 heterocycles. The van der Waals surface area contributed by atoms with Crippen LogP contribution in [0.15, 0.2) is 28.8 Å². The van der Waals surface area contributed by atoms with Gasteiger partial charge in [-0.15, -0.1) is 0 Å². The molecule has 1 aliphatic heterocycles. The molecule has 2 atom stereocenters. The van der Waals surface area contributed by atoms with E-state index in [1.807, 2.05) is 31.2 Å². The predicted molar refractivity (Wildman–Crippen MR) is 88.4 cm³/mol. The van der Waals surface area contributed by atoms with Gasteiger partial charge in [-0.2, -0.15) is 4.98 Å². The fourth-order valence-corrected chi connectivity index (χ4v) is 2.82. The van der Waals surface area contributed by atoms with Gasteiger partial charge in [-0.05, 0) is 38.4 Å². The van der Waals surface area contributed by atoms with Crippen LogP contribution >= 0.6 is 0 Å². The monoisotopic (exact) mass is 330 g/mol. The van der Waals surface area contributed by atoms with Gasteiger partial charge in [0.2, 0.25) is 17.6 Å². The molecule has 0 saturated carbocycles. The number of aromatic nitrogens is 2. The van der Waals surface area contributed by atoms with Crippen molar-refractivity contribution in [1.82, 2.24) is 20.8 Å². The highest BCUT2D eigenvalue weighted by atomic mass is 16.5. The number of para-hydroxylation sites is 1. The summed E-state index contributed by atoms with van der Waals surface area (Å²) in [7, 11) is 1.60. The van der Waals surface area contributed by atoms with E-state index in [1.165, 1.54) is 0 Å². The van der Waals surface area contributed by atoms with E-state index < -0.39 is 0 Å². The highest BCUT2D eigenvalue weighted by Crippen LogP contribution is 2.28. The number of carbonyl (C=O) groups excluding carboxylic acids is 1. The number of nitrogens with one attached hydrogen (secondary N) is 2. The van der Waals surface area contributed by atoms with Crippen molar-refractivity contribution in [3.05, 3.63) is 30.2 Å². The molecule has 2 N–H and O–H groups in total. The number of hydrogen-bond donors (Lipinski definition) is 2. The number of amides is 1. The maximum atomic E-state index is 12.3. The van der Waals surface area contributed by atoms with Gasteiger partial charge in [0.15, 0.2) is 0 Å². The van der Waals surface area contributed by atoms with Crippen LogP contribution < -0.4 is 15.4 Å². The van der Waals surface area contributed by atoms with E-state index >= 15 is 0 Å². The molecule has 1 amide bonds. The molecule has 24 heavy (non-hydrogen) atoms. The Hall–Kier alpha value is -2.41. The van der Waals surface area contributed by atoms with Crippen LogP contribution in [0.3, 0.4) is 0 Å². The Bertz CT molecular complexity index is 695. The molecule has 7 heteroatoms. The zero-order valence-electron chi connectivity index (χ0n) is 13.9. The quantitative estimate of drug-likeness (QED) is 0.871. The van der Waals surface area contributed by atoms with Crippen molar-refractivity contribution >= 4 is 5.91 Å². The van der Waals surface area contributed by atoms with E-state index in [9.17, 15) is 4.79 Å². The van der Waals surface area contributed by atoms with Crippen molar-refractivity contribution in [2.24, 2.45) is 5.92 Å². The Morgan fingerprint density at radius 2 is 2.29 bits per heavy atom. The number of ether oxygens (including phenoxy) is 1. The molecule has 0 aliphatic carbocycles. The minimum absolute atomic E-state index is 0.00203. The van der Waals surface area contributed by atoms with E-state index in [1.54, 1.807) is 7.11 Å². The van der Waals surface area contributed by atoms with Crippen LogP contribution in [0.4, 0.5) is 0 Å². The summed E-state index contributed by atoms with van der Waals surface area (Å²) in [5, 5.41) is 10.2. The lowest BCUT2D eigenvalue weighted by Crippen LogP contribution is -2.41. The molecule has 1 saturated heterocycles. The maximum Gasteiger partial charge on any atom is 0.249 e. The van der Waals surface area contributed by atoms with Crippen LogP contribution in [-0.2, 0) is 4.79 Å². The first kappa shape index (κ1) is 16.4. The number of rotatable bonds is 5. The van der Waals surface area contributed by atoms with Gasteiger partial charge in [-0.25, -0.2) is 0 Å². The standard InChI is InChI=1S/C17H22N4O3/c1-11(19-16(22)12-6-5-9-18-10-12)17-20-15(21-24-17)13-7-3-4-8-14(13)23-2/h3-4,7-8,11-12,18H,5-6,9-10H2,1-2H3,(H,19,22). The molecular weight excluding hydrogens is 308 g/mol. The van der Waals surface area contributed by atoms with Crippen molar-refractivity contribution in [3.8, 4) is 17.1 Å². The van der Waals surface area contributed by atoms with E-state index in [2.05, 4.69) is 20.8 Å². The van der Waals surface area contributed by atoms with Crippen LogP contribution in [-0.4, -0.2) is 36.2 Å². The van der Waals surface area contributed by atoms with Crippen LogP contribution in [0.2, 0.25) is 0 Å². The second-order valence-corrected chi connectivity index (χ2v) is 5.93. The molecule has 3 rings (SSSR count). The van der Waals surface area contributed by atoms with Crippen molar-refractivity contribution in [2.75, 3.05) is 20.2 Å². The number of piperidine rings is 1. The number of benzene rings is 1. The largest absolute Gasteiger partial charge is 0.496 e. The zero-order valence-corrected chi connectivity index (χ0v) is 13.9. The Morgan fingerprint density at radius 3 is 3.04 bits per heavy atom. The van der Waals surface area contributed by atoms with Gasteiger partial charge in [0.25, 0.3) is 0 Å². The normalized spacial score (nSPS) is 18.8. The minimum Gasteiger partial charge on any atom is -0.496 e. The zero-order chi connectivity index (χ0) is 16.9. The van der Waals surface area contributed by atoms with Gasteiger partial charge in [0, 0.05) is 6.54 Å². The topological polar surface area (TPSA) is 89.3 Å². The summed E-state index contributed by atoms with van der Waals surface area (Å²) in [6.07, 6.45) is 1.92. The van der Waals surface area contributed by atoms with Crippen LogP contribution in [0, 0.1) is 5.92 Å². The average molecular weight is 330 g/mol. The molecule has 1 aromatic carbocycles. The predicted octanol–water partition coefficient (Wildman–Crippen LogP) is 1.92. The summed E-state index contributed by atoms with van der Waals surface area (Å²) in [6.45, 7) is 3.54. The molecule has 1 fully saturated rings. The van der Waals surface area contributed by atoms with Crippen molar-refractivity contribution in [3.63, 3.8) is 0 Å². The first-order valence-electron chi connectivity index (χ1n) is 8.17. The SMILES string of the molecule is COc1ccccc1-c1noc(C(C)NC(=O)C2CCCNC2)n1. The van der Waals surface area contributed by atoms with E-state index in [0.717, 1.165) is 31.5 Å². The molecule has 0 radical (unpaired) electrons. The third kappa shape index (κ3) is 3.56. The summed E-state index contributed by atoms with van der Waals surface area (Å²) < 4.78 is 10.6. The first-order valence-corrected chi connectivity index (χ1v) is 8.17. The van der Waals surface area contributed by atoms with Gasteiger partial charge in [-0.1, -0.05) is 17.3 Å². The highest BCUT2D eigenvalue weighted by molar-refractivity contribution is 5.79. The number of carbonyl (C=O) groups is 1. The third-order valence-electron chi connectivity index (χ3n) is 4.19. The lowest BCUT2D eigenvalue weighted by Gasteiger charge is -2.23. The fourth-order valence-electron chi connectivity index (χ4n) is 2.82. The smallest absolute Gasteiger partial charge is 0.249 e. The Labute approximate surface area is 140 Å². The maximum absolute atomic E-state index is 12.3. The fraction of sp³-hybridized carbons (Fsp3) is 0.471. The van der Waals surface area contributed by atoms with Crippen LogP contribution in [0.25, 0.3) is 11.4 Å². The summed E-state index contributed by atoms with van der Waals surface area (Å²) in [5.74, 6) is 1.52. The summed E-state index contributed by atoms with van der Waals surface area (Å²) >= 11 is 0. The average Bonchev–Trinajstić information content (AvgIpc) is 3.12. The molecule has 2 aromatic rings. The van der Waals surface area contributed by atoms with Gasteiger partial charge < -0.3 is 19.9 Å². The Morgan fingerprint density at radius 1 is 1.46 bits per heavy atom. The van der Waals surface area contributed by atoms with E-state index in [-0.39, 0.29) is 17.9 Å². The van der Waals surface area contributed by atoms with E-state index in [0.29, 0.717) is 17.5 Å². The Balaban J connectivity index is 1.69. The van der Waals surface area contributed by atoms with Crippen molar-refractivity contribution in [1.29, 1.82) is 0 Å². The minimum atomic E-state index is -0.338. The lowest BCUT2D eigenvalue weighted by molar-refractivity contribution is -0.126. The van der Waals surface area contributed by atoms with Gasteiger partial charge in [0.05, 0.1) is 18.6 Å². The van der Waals surface area contributed by atoms with Crippen LogP contribution in [0.5, 0.6) is 5.75 Å².